The van der Waals surface area contributed by atoms with Crippen molar-refractivity contribution in [3.05, 3.63) is 120 Å². The number of halogens is 9. The standard InChI is InChI=1S/C14H19BO4.C9H7F3O5S.C8H5F6NO4S2.C8H8O3.B3/c1-13(2)14(3,4)19-15(18-13)11-9-7-6-8-10(11)12(16)17-5;1-16-8(13)6-4-2-3-5-7(6)17-18(14,15)9(10,11)12;9-7(10,11)20(16,17)15(6-4-2-1-3-5-6)21(18,19)8(12,13)14;1-11-8(10)6-4-2-3-5-7(6)9;1-3-2/h6-9H,1-5H3;2-5H,1H3;1-5H;2-5,9H,1H3;. The fraction of sp³-hybridized carbons (Fsp3) is 0.308. The Balaban J connectivity index is 0.000000479. The van der Waals surface area contributed by atoms with Crippen molar-refractivity contribution < 1.29 is 112 Å². The molecule has 0 spiro atoms. The molecule has 1 fully saturated rings. The lowest BCUT2D eigenvalue weighted by Crippen LogP contribution is -2.49. The number of carbonyl (C=O) groups is 3. The first-order valence-electron chi connectivity index (χ1n) is 19.2. The van der Waals surface area contributed by atoms with Crippen LogP contribution in [-0.4, -0.2) is 127 Å². The van der Waals surface area contributed by atoms with Crippen molar-refractivity contribution in [3.8, 4) is 11.5 Å². The van der Waals surface area contributed by atoms with E-state index in [0.29, 0.717) is 23.2 Å². The van der Waals surface area contributed by atoms with Crippen LogP contribution in [0.5, 0.6) is 11.5 Å². The van der Waals surface area contributed by atoms with E-state index in [9.17, 15) is 79.2 Å². The fourth-order valence-corrected chi connectivity index (χ4v) is 8.04. The van der Waals surface area contributed by atoms with Gasteiger partial charge in [-0.25, -0.2) is 14.4 Å². The Morgan fingerprint density at radius 1 is 0.569 bits per heavy atom. The molecule has 1 saturated heterocycles. The zero-order valence-electron chi connectivity index (χ0n) is 38.3. The topological polar surface area (TPSA) is 232 Å². The second kappa shape index (κ2) is 25.7. The first-order chi connectivity index (χ1) is 32.9. The third-order valence-corrected chi connectivity index (χ3v) is 13.6. The van der Waals surface area contributed by atoms with Crippen LogP contribution in [0.15, 0.2) is 103 Å². The second-order valence-corrected chi connectivity index (χ2v) is 19.6. The maximum atomic E-state index is 12.4. The number of phenols is 1. The molecule has 0 amide bonds. The van der Waals surface area contributed by atoms with E-state index in [2.05, 4.69) is 29.1 Å². The van der Waals surface area contributed by atoms with Crippen LogP contribution in [0.2, 0.25) is 0 Å². The van der Waals surface area contributed by atoms with E-state index >= 15 is 0 Å². The molecule has 1 aliphatic rings. The van der Waals surface area contributed by atoms with E-state index in [1.54, 1.807) is 24.3 Å². The summed E-state index contributed by atoms with van der Waals surface area (Å²) in [5.74, 6) is -2.72. The predicted octanol–water partition coefficient (Wildman–Crippen LogP) is 5.70. The number of benzene rings is 4. The zero-order chi connectivity index (χ0) is 55.9. The number of nitrogens with zero attached hydrogens (tertiary/aromatic N) is 1. The summed E-state index contributed by atoms with van der Waals surface area (Å²) in [7, 11) is -6.36. The molecule has 4 aromatic carbocycles. The smallest absolute Gasteiger partial charge is 0.507 e. The molecule has 1 N–H and O–H groups in total. The number of esters is 3. The van der Waals surface area contributed by atoms with Crippen LogP contribution in [0.1, 0.15) is 58.8 Å². The zero-order valence-corrected chi connectivity index (χ0v) is 40.7. The summed E-state index contributed by atoms with van der Waals surface area (Å²) in [6.07, 6.45) is 0. The van der Waals surface area contributed by atoms with Gasteiger partial charge in [0.1, 0.15) is 16.9 Å². The van der Waals surface area contributed by atoms with Crippen LogP contribution in [0.4, 0.5) is 45.2 Å². The first kappa shape index (κ1) is 64.1. The molecule has 389 valence electrons. The highest BCUT2D eigenvalue weighted by Gasteiger charge is 2.62. The van der Waals surface area contributed by atoms with Gasteiger partial charge >= 0.3 is 71.7 Å². The van der Waals surface area contributed by atoms with Gasteiger partial charge in [-0.3, -0.25) is 0 Å². The lowest BCUT2D eigenvalue weighted by molar-refractivity contribution is -0.0502. The number of hydrogen-bond donors (Lipinski definition) is 1. The van der Waals surface area contributed by atoms with Crippen molar-refractivity contribution in [2.45, 2.75) is 55.4 Å². The first-order valence-corrected chi connectivity index (χ1v) is 23.5. The molecule has 0 aromatic heterocycles. The van der Waals surface area contributed by atoms with Gasteiger partial charge in [-0.15, -0.1) is 3.71 Å². The van der Waals surface area contributed by atoms with Crippen LogP contribution in [0, 0.1) is 0 Å². The van der Waals surface area contributed by atoms with Crippen molar-refractivity contribution in [2.75, 3.05) is 25.0 Å². The molecule has 5 radical (unpaired) electrons. The van der Waals surface area contributed by atoms with Gasteiger partial charge in [-0.05, 0) is 75.6 Å². The van der Waals surface area contributed by atoms with Crippen molar-refractivity contribution in [2.24, 2.45) is 0 Å². The van der Waals surface area contributed by atoms with Crippen molar-refractivity contribution in [1.29, 1.82) is 0 Å². The van der Waals surface area contributed by atoms with Gasteiger partial charge in [0, 0.05) is 22.5 Å². The minimum absolute atomic E-state index is 0.0562. The van der Waals surface area contributed by atoms with Crippen LogP contribution >= 0.6 is 0 Å². The van der Waals surface area contributed by atoms with Crippen LogP contribution < -0.4 is 13.4 Å². The molecule has 0 saturated carbocycles. The SMILES string of the molecule is COC(=O)c1ccccc1B1OC(C)(C)C(C)(C)O1.COC(=O)c1ccccc1O.COC(=O)c1ccccc1OS(=O)(=O)C(F)(F)F.O=S(=O)(N(c1ccccc1)S(=O)(=O)C(F)(F)F)C(F)(F)F.[B][B][B]. The van der Waals surface area contributed by atoms with Crippen LogP contribution in [-0.2, 0) is 53.7 Å². The maximum absolute atomic E-state index is 12.4. The van der Waals surface area contributed by atoms with Crippen LogP contribution in [0.3, 0.4) is 0 Å². The Labute approximate surface area is 411 Å². The molecule has 4 aromatic rings. The van der Waals surface area contributed by atoms with E-state index in [1.807, 2.05) is 39.8 Å². The third-order valence-electron chi connectivity index (χ3n) is 8.95. The Bertz CT molecular complexity index is 2750. The van der Waals surface area contributed by atoms with E-state index in [4.69, 9.17) is 19.2 Å². The Hall–Kier alpha value is -5.91. The number of para-hydroxylation sites is 3. The summed E-state index contributed by atoms with van der Waals surface area (Å²) in [4.78, 5) is 33.8. The normalized spacial score (nSPS) is 14.0. The van der Waals surface area contributed by atoms with Gasteiger partial charge in [-0.2, -0.15) is 64.8 Å². The van der Waals surface area contributed by atoms with Gasteiger partial charge in [0.05, 0.1) is 43.8 Å². The molecular weight excluding hydrogens is 1050 g/mol. The molecule has 1 aliphatic heterocycles. The summed E-state index contributed by atoms with van der Waals surface area (Å²) >= 11 is 0. The quantitative estimate of drug-likeness (QED) is 0.0529. The molecule has 1 heterocycles. The van der Waals surface area contributed by atoms with Crippen molar-refractivity contribution in [3.63, 3.8) is 0 Å². The molecule has 0 bridgehead atoms. The van der Waals surface area contributed by atoms with Gasteiger partial charge in [0.25, 0.3) is 0 Å². The second-order valence-electron chi connectivity index (χ2n) is 14.3. The lowest BCUT2D eigenvalue weighted by Gasteiger charge is -2.32. The fourth-order valence-electron chi connectivity index (χ4n) is 4.85. The lowest BCUT2D eigenvalue weighted by atomic mass is 9.40. The number of alkyl halides is 9. The minimum Gasteiger partial charge on any atom is -0.507 e. The minimum atomic E-state index is -6.81. The van der Waals surface area contributed by atoms with Crippen LogP contribution in [0.25, 0.3) is 0 Å². The molecule has 33 heteroatoms. The monoisotopic (exact) mass is 1090 g/mol. The summed E-state index contributed by atoms with van der Waals surface area (Å²) in [5.41, 5.74) is -19.3. The number of aromatic hydroxyl groups is 1. The van der Waals surface area contributed by atoms with Crippen molar-refractivity contribution >= 4 is 88.9 Å². The molecule has 0 atom stereocenters. The highest BCUT2D eigenvalue weighted by molar-refractivity contribution is 8.11. The number of hydrogen-bond acceptors (Lipinski definition) is 16. The number of carbonyl (C=O) groups excluding carboxylic acids is 3. The predicted molar refractivity (Wildman–Crippen MR) is 242 cm³/mol. The van der Waals surface area contributed by atoms with Crippen molar-refractivity contribution in [1.82, 2.24) is 0 Å². The summed E-state index contributed by atoms with van der Waals surface area (Å²) in [6, 6.07) is 21.8. The highest BCUT2D eigenvalue weighted by atomic mass is 32.3. The van der Waals surface area contributed by atoms with E-state index in [0.717, 1.165) is 44.5 Å². The highest BCUT2D eigenvalue weighted by Crippen LogP contribution is 2.39. The molecule has 17 nitrogen and oxygen atoms in total. The average molecular weight is 1090 g/mol. The van der Waals surface area contributed by atoms with E-state index in [1.165, 1.54) is 38.5 Å². The molecular formula is C39H39B4F9NO16S3. The summed E-state index contributed by atoms with van der Waals surface area (Å²) in [5, 5.41) is 9.11. The largest absolute Gasteiger partial charge is 0.534 e. The van der Waals surface area contributed by atoms with E-state index < -0.39 is 97.7 Å². The van der Waals surface area contributed by atoms with Gasteiger partial charge < -0.3 is 32.8 Å². The van der Waals surface area contributed by atoms with Gasteiger partial charge in [-0.1, -0.05) is 60.7 Å². The molecule has 0 unspecified atom stereocenters. The number of phenolic OH excluding ortho intramolecular Hbond substituents is 1. The average Bonchev–Trinajstić information content (AvgIpc) is 3.51. The Kier molecular flexibility index (Phi) is 22.8. The Morgan fingerprint density at radius 2 is 0.917 bits per heavy atom. The molecule has 72 heavy (non-hydrogen) atoms. The number of methoxy groups -OCH3 is 3. The summed E-state index contributed by atoms with van der Waals surface area (Å²) in [6.45, 7) is 7.92. The third kappa shape index (κ3) is 16.6. The van der Waals surface area contributed by atoms with E-state index in [-0.39, 0.29) is 17.3 Å². The number of ether oxygens (including phenoxy) is 3. The summed E-state index contributed by atoms with van der Waals surface area (Å²) < 4.78 is 205. The van der Waals surface area contributed by atoms with Gasteiger partial charge in [0.2, 0.25) is 0 Å². The molecule has 0 aliphatic carbocycles. The number of anilines is 1. The maximum Gasteiger partial charge on any atom is 0.534 e. The number of rotatable bonds is 9. The number of sulfonamides is 2. The molecule has 5 rings (SSSR count). The Morgan fingerprint density at radius 3 is 1.32 bits per heavy atom. The van der Waals surface area contributed by atoms with Gasteiger partial charge in [0.15, 0.2) is 5.75 Å².